The van der Waals surface area contributed by atoms with E-state index in [0.29, 0.717) is 5.03 Å². The van der Waals surface area contributed by atoms with Crippen molar-refractivity contribution < 1.29 is 13.2 Å². The summed E-state index contributed by atoms with van der Waals surface area (Å²) in [6, 6.07) is -1.67. The van der Waals surface area contributed by atoms with E-state index in [2.05, 4.69) is 22.5 Å². The van der Waals surface area contributed by atoms with Crippen LogP contribution in [0.3, 0.4) is 0 Å². The quantitative estimate of drug-likeness (QED) is 0.492. The molecule has 1 saturated heterocycles. The van der Waals surface area contributed by atoms with Crippen molar-refractivity contribution in [3.05, 3.63) is 34.5 Å². The van der Waals surface area contributed by atoms with E-state index in [-0.39, 0.29) is 28.9 Å². The maximum Gasteiger partial charge on any atom is 0.413 e. The molecule has 0 amide bonds. The molecule has 3 aliphatic rings. The first-order valence-corrected chi connectivity index (χ1v) is 11.8. The minimum atomic E-state index is -4.37. The molecule has 5 unspecified atom stereocenters. The van der Waals surface area contributed by atoms with Crippen molar-refractivity contribution in [1.29, 1.82) is 0 Å². The molecule has 0 aromatic carbocycles. The van der Waals surface area contributed by atoms with Gasteiger partial charge in [0.2, 0.25) is 0 Å². The van der Waals surface area contributed by atoms with Gasteiger partial charge in [0.05, 0.1) is 11.2 Å². The fourth-order valence-corrected chi connectivity index (χ4v) is 5.77. The zero-order valence-corrected chi connectivity index (χ0v) is 20.0. The van der Waals surface area contributed by atoms with Crippen LogP contribution in [-0.2, 0) is 0 Å². The highest BCUT2D eigenvalue weighted by Gasteiger charge is 2.46. The van der Waals surface area contributed by atoms with Gasteiger partial charge in [-0.25, -0.2) is 0 Å². The summed E-state index contributed by atoms with van der Waals surface area (Å²) in [6.45, 7) is 2.89. The van der Waals surface area contributed by atoms with Crippen molar-refractivity contribution in [3.8, 4) is 0 Å². The fourth-order valence-electron chi connectivity index (χ4n) is 4.59. The number of alkyl halides is 3. The van der Waals surface area contributed by atoms with Crippen LogP contribution < -0.4 is 22.1 Å². The van der Waals surface area contributed by atoms with Crippen LogP contribution in [0.5, 0.6) is 0 Å². The van der Waals surface area contributed by atoms with Gasteiger partial charge in [0.1, 0.15) is 12.3 Å². The number of hydrogen-bond donors (Lipinski definition) is 4. The monoisotopic (exact) mass is 475 g/mol. The maximum atomic E-state index is 13.7. The molecule has 1 fully saturated rings. The van der Waals surface area contributed by atoms with E-state index >= 15 is 0 Å². The topological polar surface area (TPSA) is 85.8 Å². The van der Waals surface area contributed by atoms with Crippen LogP contribution in [-0.4, -0.2) is 78.6 Å². The number of rotatable bonds is 4. The molecule has 11 heteroatoms. The number of thioether (sulfide) groups is 1. The highest BCUT2D eigenvalue weighted by atomic mass is 32.2. The van der Waals surface area contributed by atoms with E-state index < -0.39 is 12.2 Å². The fraction of sp³-hybridized carbons (Fsp3) is 0.714. The number of nitrogens with zero attached hydrogens (tertiary/aromatic N) is 3. The predicted molar refractivity (Wildman–Crippen MR) is 124 cm³/mol. The largest absolute Gasteiger partial charge is 0.413 e. The number of nitrogens with two attached hydrogens (primary N) is 2. The van der Waals surface area contributed by atoms with Crippen LogP contribution in [0.25, 0.3) is 0 Å². The van der Waals surface area contributed by atoms with Gasteiger partial charge >= 0.3 is 6.18 Å². The van der Waals surface area contributed by atoms with E-state index in [9.17, 15) is 13.2 Å². The minimum absolute atomic E-state index is 0.0987. The lowest BCUT2D eigenvalue weighted by Gasteiger charge is -2.47. The third-order valence-corrected chi connectivity index (χ3v) is 7.68. The summed E-state index contributed by atoms with van der Waals surface area (Å²) < 4.78 is 41.1. The normalized spacial score (nSPS) is 34.6. The molecule has 3 rings (SSSR count). The second-order valence-corrected chi connectivity index (χ2v) is 10.3. The van der Waals surface area contributed by atoms with Crippen molar-refractivity contribution in [1.82, 2.24) is 25.3 Å². The minimum Gasteiger partial charge on any atom is -0.371 e. The Balaban J connectivity index is 1.73. The summed E-state index contributed by atoms with van der Waals surface area (Å²) in [6.07, 6.45) is 5.19. The van der Waals surface area contributed by atoms with Gasteiger partial charge in [-0.3, -0.25) is 4.90 Å². The molecule has 0 bridgehead atoms. The van der Waals surface area contributed by atoms with Gasteiger partial charge in [-0.2, -0.15) is 13.2 Å². The zero-order valence-electron chi connectivity index (χ0n) is 19.2. The second-order valence-electron chi connectivity index (χ2n) is 9.25. The number of halogens is 3. The Morgan fingerprint density at radius 3 is 2.69 bits per heavy atom. The molecular formula is C21H36F3N7S. The van der Waals surface area contributed by atoms with Gasteiger partial charge in [-0.05, 0) is 64.6 Å². The van der Waals surface area contributed by atoms with E-state index in [0.717, 1.165) is 44.0 Å². The second kappa shape index (κ2) is 9.84. The third-order valence-electron chi connectivity index (χ3n) is 6.47. The standard InChI is InChI=1S/C21H36F3N7S/c1-20(26)9-5-8-15(27-11-10-20)30(3)19-18(25)28-13-16(31(19)4)32-14-7-6-12-29(2)17(14)21(22,23)24/h6-7,12-13,15,17-19,27-28H,5,8-11,25-26H2,1-4H3. The first-order valence-electron chi connectivity index (χ1n) is 10.9. The summed E-state index contributed by atoms with van der Waals surface area (Å²) in [7, 11) is 5.33. The number of hydrogen-bond acceptors (Lipinski definition) is 8. The first kappa shape index (κ1) is 25.2. The van der Waals surface area contributed by atoms with Crippen LogP contribution >= 0.6 is 11.8 Å². The van der Waals surface area contributed by atoms with Crippen molar-refractivity contribution >= 4 is 11.8 Å². The van der Waals surface area contributed by atoms with Crippen molar-refractivity contribution in [3.63, 3.8) is 0 Å². The lowest BCUT2D eigenvalue weighted by Crippen LogP contribution is -2.66. The van der Waals surface area contributed by atoms with Gasteiger partial charge in [0, 0.05) is 30.7 Å². The molecule has 0 saturated carbocycles. The van der Waals surface area contributed by atoms with Crippen molar-refractivity contribution in [2.75, 3.05) is 27.7 Å². The lowest BCUT2D eigenvalue weighted by molar-refractivity contribution is -0.162. The van der Waals surface area contributed by atoms with Gasteiger partial charge in [0.25, 0.3) is 0 Å². The predicted octanol–water partition coefficient (Wildman–Crippen LogP) is 2.08. The average Bonchev–Trinajstić information content (AvgIpc) is 2.66. The maximum absolute atomic E-state index is 13.7. The summed E-state index contributed by atoms with van der Waals surface area (Å²) in [5, 5.41) is 7.42. The number of likely N-dealkylation sites (N-methyl/N-ethyl adjacent to an activating group) is 3. The summed E-state index contributed by atoms with van der Waals surface area (Å²) >= 11 is 1.12. The smallest absolute Gasteiger partial charge is 0.371 e. The van der Waals surface area contributed by atoms with Gasteiger partial charge < -0.3 is 31.9 Å². The molecule has 3 heterocycles. The third kappa shape index (κ3) is 5.74. The van der Waals surface area contributed by atoms with E-state index in [1.165, 1.54) is 24.2 Å². The molecule has 3 aliphatic heterocycles. The number of allylic oxidation sites excluding steroid dienone is 2. The van der Waals surface area contributed by atoms with Crippen LogP contribution in [0.4, 0.5) is 13.2 Å². The Labute approximate surface area is 193 Å². The number of nitrogens with one attached hydrogen (secondary N) is 2. The first-order chi connectivity index (χ1) is 14.9. The Kier molecular flexibility index (Phi) is 7.76. The van der Waals surface area contributed by atoms with Crippen LogP contribution in [0, 0.1) is 0 Å². The molecule has 32 heavy (non-hydrogen) atoms. The molecule has 0 aromatic rings. The van der Waals surface area contributed by atoms with E-state index in [1.807, 2.05) is 19.0 Å². The van der Waals surface area contributed by atoms with E-state index in [4.69, 9.17) is 11.5 Å². The molecule has 182 valence electrons. The molecule has 7 nitrogen and oxygen atoms in total. The molecule has 0 aliphatic carbocycles. The molecule has 6 N–H and O–H groups in total. The van der Waals surface area contributed by atoms with Crippen LogP contribution in [0.15, 0.2) is 34.5 Å². The molecular weight excluding hydrogens is 439 g/mol. The highest BCUT2D eigenvalue weighted by molar-refractivity contribution is 8.06. The zero-order chi connectivity index (χ0) is 23.7. The highest BCUT2D eigenvalue weighted by Crippen LogP contribution is 2.41. The van der Waals surface area contributed by atoms with Crippen LogP contribution in [0.2, 0.25) is 0 Å². The average molecular weight is 476 g/mol. The molecule has 5 atom stereocenters. The van der Waals surface area contributed by atoms with Crippen molar-refractivity contribution in [2.24, 2.45) is 11.5 Å². The van der Waals surface area contributed by atoms with Gasteiger partial charge in [-0.1, -0.05) is 11.8 Å². The van der Waals surface area contributed by atoms with Gasteiger partial charge in [0.15, 0.2) is 6.04 Å². The molecule has 0 radical (unpaired) electrons. The lowest BCUT2D eigenvalue weighted by atomic mass is 9.90. The Morgan fingerprint density at radius 1 is 1.28 bits per heavy atom. The van der Waals surface area contributed by atoms with E-state index in [1.54, 1.807) is 12.3 Å². The molecule has 0 aromatic heterocycles. The molecule has 0 spiro atoms. The summed E-state index contributed by atoms with van der Waals surface area (Å²) in [5.74, 6) is 0. The van der Waals surface area contributed by atoms with Gasteiger partial charge in [-0.15, -0.1) is 0 Å². The van der Waals surface area contributed by atoms with Crippen LogP contribution in [0.1, 0.15) is 32.6 Å². The SMILES string of the molecule is CN1C=CC=C(SC2=CNC(N)C(N(C)C3CCCC(C)(N)CCN3)N2C)C1C(F)(F)F. The Bertz CT molecular complexity index is 740. The summed E-state index contributed by atoms with van der Waals surface area (Å²) in [4.78, 5) is 5.56. The Morgan fingerprint density at radius 2 is 2.00 bits per heavy atom. The van der Waals surface area contributed by atoms with Crippen molar-refractivity contribution in [2.45, 2.75) is 68.9 Å². The summed E-state index contributed by atoms with van der Waals surface area (Å²) in [5.41, 5.74) is 12.6. The Hall–Kier alpha value is -1.40.